The Kier molecular flexibility index (Phi) is 9.52. The summed E-state index contributed by atoms with van der Waals surface area (Å²) in [5, 5.41) is 13.7. The van der Waals surface area contributed by atoms with Gasteiger partial charge < -0.3 is 19.6 Å². The Morgan fingerprint density at radius 2 is 1.61 bits per heavy atom. The predicted octanol–water partition coefficient (Wildman–Crippen LogP) is 8.27. The van der Waals surface area contributed by atoms with E-state index in [2.05, 4.69) is 72.1 Å². The van der Waals surface area contributed by atoms with Crippen LogP contribution in [-0.2, 0) is 22.6 Å². The Balaban J connectivity index is 1.30. The first-order valence-corrected chi connectivity index (χ1v) is 15.5. The van der Waals surface area contributed by atoms with Gasteiger partial charge in [0.1, 0.15) is 17.3 Å². The number of aliphatic imine (C=N–C) groups is 1. The number of allylic oxidation sites excluding steroid dienone is 1. The summed E-state index contributed by atoms with van der Waals surface area (Å²) in [7, 11) is 0. The molecule has 0 atom stereocenters. The summed E-state index contributed by atoms with van der Waals surface area (Å²) in [6.07, 6.45) is 5.53. The summed E-state index contributed by atoms with van der Waals surface area (Å²) < 4.78 is 5.68. The van der Waals surface area contributed by atoms with Crippen LogP contribution in [0.3, 0.4) is 0 Å². The number of rotatable bonds is 14. The lowest BCUT2D eigenvalue weighted by Crippen LogP contribution is -2.37. The Hall–Kier alpha value is -4.39. The number of benzene rings is 3. The van der Waals surface area contributed by atoms with Crippen molar-refractivity contribution in [2.75, 3.05) is 6.54 Å². The van der Waals surface area contributed by atoms with E-state index in [1.165, 1.54) is 24.0 Å². The number of ether oxygens (including phenoxy) is 1. The van der Waals surface area contributed by atoms with Gasteiger partial charge in [0, 0.05) is 19.0 Å². The van der Waals surface area contributed by atoms with Gasteiger partial charge in [-0.3, -0.25) is 0 Å². The number of carboxylic acid groups (broad SMARTS) is 1. The number of aliphatic carboxylic acids is 1. The largest absolute Gasteiger partial charge is 0.478 e. The molecule has 2 fully saturated rings. The Morgan fingerprint density at radius 3 is 2.25 bits per heavy atom. The molecule has 7 nitrogen and oxygen atoms in total. The molecule has 0 aromatic heterocycles. The minimum absolute atomic E-state index is 0.455. The summed E-state index contributed by atoms with van der Waals surface area (Å²) in [6.45, 7) is 12.6. The van der Waals surface area contributed by atoms with E-state index in [-0.39, 0.29) is 0 Å². The second-order valence-electron chi connectivity index (χ2n) is 12.4. The number of hydrogen-bond acceptors (Lipinski definition) is 5. The number of amidine groups is 1. The third kappa shape index (κ3) is 8.37. The minimum Gasteiger partial charge on any atom is -0.478 e. The molecule has 2 aliphatic rings. The number of para-hydroxylation sites is 1. The fourth-order valence-corrected chi connectivity index (χ4v) is 4.99. The third-order valence-electron chi connectivity index (χ3n) is 8.25. The standard InChI is InChI=1S/C37H43N3O4/c1-25(39-44-26(2)31-16-17-31)30-14-10-29(11-15-30)24-40(27(3)38-35-9-7-6-8-34(35)32-18-19-32)23-22-28-12-20-33(21-13-28)43-37(4,5)36(41)42/h6-15,20-21,31-32H,2,16-19,22-24H2,1,3-5H3,(H,41,42)/b38-27?,39-25+. The fourth-order valence-electron chi connectivity index (χ4n) is 4.99. The van der Waals surface area contributed by atoms with Gasteiger partial charge in [0.15, 0.2) is 5.60 Å². The maximum atomic E-state index is 11.4. The van der Waals surface area contributed by atoms with E-state index in [0.29, 0.717) is 24.1 Å². The summed E-state index contributed by atoms with van der Waals surface area (Å²) in [4.78, 5) is 24.4. The quantitative estimate of drug-likeness (QED) is 0.0880. The van der Waals surface area contributed by atoms with Crippen molar-refractivity contribution in [3.63, 3.8) is 0 Å². The number of hydrogen-bond donors (Lipinski definition) is 1. The van der Waals surface area contributed by atoms with Crippen molar-refractivity contribution in [1.29, 1.82) is 0 Å². The van der Waals surface area contributed by atoms with Crippen molar-refractivity contribution in [2.45, 2.75) is 77.9 Å². The van der Waals surface area contributed by atoms with Crippen molar-refractivity contribution in [1.82, 2.24) is 4.90 Å². The number of oxime groups is 1. The summed E-state index contributed by atoms with van der Waals surface area (Å²) in [5.41, 5.74) is 5.24. The molecule has 0 bridgehead atoms. The summed E-state index contributed by atoms with van der Waals surface area (Å²) in [5.74, 6) is 2.32. The molecule has 2 aliphatic carbocycles. The van der Waals surface area contributed by atoms with Gasteiger partial charge >= 0.3 is 5.97 Å². The van der Waals surface area contributed by atoms with Crippen LogP contribution in [-0.4, -0.2) is 39.7 Å². The highest BCUT2D eigenvalue weighted by Gasteiger charge is 2.29. The molecular formula is C37H43N3O4. The molecule has 3 aromatic carbocycles. The average molecular weight is 594 g/mol. The van der Waals surface area contributed by atoms with Gasteiger partial charge in [0.05, 0.1) is 11.4 Å². The Morgan fingerprint density at radius 1 is 0.955 bits per heavy atom. The average Bonchev–Trinajstić information content (AvgIpc) is 3.93. The van der Waals surface area contributed by atoms with Crippen LogP contribution in [0.5, 0.6) is 5.75 Å². The molecule has 0 saturated heterocycles. The third-order valence-corrected chi connectivity index (χ3v) is 8.25. The first-order chi connectivity index (χ1) is 21.1. The van der Waals surface area contributed by atoms with Gasteiger partial charge in [0.2, 0.25) is 0 Å². The lowest BCUT2D eigenvalue weighted by atomic mass is 10.1. The van der Waals surface area contributed by atoms with Gasteiger partial charge in [-0.2, -0.15) is 0 Å². The molecule has 0 radical (unpaired) electrons. The molecule has 3 aromatic rings. The molecule has 5 rings (SSSR count). The monoisotopic (exact) mass is 593 g/mol. The molecule has 0 unspecified atom stereocenters. The first kappa shape index (κ1) is 31.0. The van der Waals surface area contributed by atoms with E-state index in [4.69, 9.17) is 14.6 Å². The molecule has 7 heteroatoms. The lowest BCUT2D eigenvalue weighted by Gasteiger charge is -2.25. The van der Waals surface area contributed by atoms with E-state index >= 15 is 0 Å². The Labute approximate surface area is 260 Å². The van der Waals surface area contributed by atoms with E-state index in [9.17, 15) is 9.90 Å². The van der Waals surface area contributed by atoms with Gasteiger partial charge in [0.25, 0.3) is 0 Å². The van der Waals surface area contributed by atoms with Crippen LogP contribution in [0.15, 0.2) is 95.3 Å². The van der Waals surface area contributed by atoms with Crippen molar-refractivity contribution in [2.24, 2.45) is 16.1 Å². The van der Waals surface area contributed by atoms with Crippen molar-refractivity contribution < 1.29 is 19.5 Å². The summed E-state index contributed by atoms with van der Waals surface area (Å²) >= 11 is 0. The first-order valence-electron chi connectivity index (χ1n) is 15.5. The SMILES string of the molecule is C=C(O/N=C(\C)c1ccc(CN(CCc2ccc(OC(C)(C)C(=O)O)cc2)C(C)=Nc2ccccc2C2CC2)cc1)C1CC1. The summed E-state index contributed by atoms with van der Waals surface area (Å²) in [6, 6.07) is 24.6. The van der Waals surface area contributed by atoms with Crippen molar-refractivity contribution in [3.05, 3.63) is 107 Å². The maximum absolute atomic E-state index is 11.4. The van der Waals surface area contributed by atoms with Crippen LogP contribution < -0.4 is 4.74 Å². The number of nitrogens with zero attached hydrogens (tertiary/aromatic N) is 3. The molecule has 0 spiro atoms. The van der Waals surface area contributed by atoms with Crippen molar-refractivity contribution >= 4 is 23.2 Å². The van der Waals surface area contributed by atoms with Crippen LogP contribution >= 0.6 is 0 Å². The van der Waals surface area contributed by atoms with Crippen LogP contribution in [0.1, 0.15) is 81.5 Å². The highest BCUT2D eigenvalue weighted by Crippen LogP contribution is 2.44. The fraction of sp³-hybridized carbons (Fsp3) is 0.378. The highest BCUT2D eigenvalue weighted by molar-refractivity contribution is 5.98. The van der Waals surface area contributed by atoms with Crippen LogP contribution in [0.2, 0.25) is 0 Å². The topological polar surface area (TPSA) is 83.7 Å². The number of carbonyl (C=O) groups is 1. The molecule has 44 heavy (non-hydrogen) atoms. The molecule has 0 amide bonds. The lowest BCUT2D eigenvalue weighted by molar-refractivity contribution is -0.152. The highest BCUT2D eigenvalue weighted by atomic mass is 16.6. The molecule has 0 aliphatic heterocycles. The van der Waals surface area contributed by atoms with Crippen molar-refractivity contribution in [3.8, 4) is 5.75 Å². The number of carboxylic acids is 1. The predicted molar refractivity (Wildman–Crippen MR) is 176 cm³/mol. The van der Waals surface area contributed by atoms with Crippen LogP contribution in [0.4, 0.5) is 5.69 Å². The zero-order valence-electron chi connectivity index (χ0n) is 26.3. The van der Waals surface area contributed by atoms with E-state index in [1.54, 1.807) is 13.8 Å². The maximum Gasteiger partial charge on any atom is 0.347 e. The molecule has 2 saturated carbocycles. The zero-order valence-corrected chi connectivity index (χ0v) is 26.3. The van der Waals surface area contributed by atoms with Gasteiger partial charge in [-0.25, -0.2) is 9.79 Å². The molecule has 230 valence electrons. The van der Waals surface area contributed by atoms with E-state index < -0.39 is 11.6 Å². The van der Waals surface area contributed by atoms with Crippen LogP contribution in [0, 0.1) is 5.92 Å². The smallest absolute Gasteiger partial charge is 0.347 e. The molecule has 0 heterocycles. The zero-order chi connectivity index (χ0) is 31.3. The van der Waals surface area contributed by atoms with E-state index in [1.807, 2.05) is 31.2 Å². The second kappa shape index (κ2) is 13.5. The van der Waals surface area contributed by atoms with Gasteiger partial charge in [-0.1, -0.05) is 66.3 Å². The molecule has 1 N–H and O–H groups in total. The van der Waals surface area contributed by atoms with Gasteiger partial charge in [-0.15, -0.1) is 0 Å². The van der Waals surface area contributed by atoms with Gasteiger partial charge in [-0.05, 0) is 106 Å². The normalized spacial score (nSPS) is 15.5. The Bertz CT molecular complexity index is 1530. The molecular weight excluding hydrogens is 550 g/mol. The minimum atomic E-state index is -1.29. The van der Waals surface area contributed by atoms with Crippen LogP contribution in [0.25, 0.3) is 0 Å². The second-order valence-corrected chi connectivity index (χ2v) is 12.4. The van der Waals surface area contributed by atoms with E-state index in [0.717, 1.165) is 59.9 Å².